The summed E-state index contributed by atoms with van der Waals surface area (Å²) in [6, 6.07) is 4.31. The molecule has 0 unspecified atom stereocenters. The summed E-state index contributed by atoms with van der Waals surface area (Å²) >= 11 is 0. The molecule has 0 radical (unpaired) electrons. The Kier molecular flexibility index (Phi) is 6.91. The van der Waals surface area contributed by atoms with Crippen LogP contribution in [-0.2, 0) is 17.5 Å². The summed E-state index contributed by atoms with van der Waals surface area (Å²) in [6.07, 6.45) is 2.86. The lowest BCUT2D eigenvalue weighted by atomic mass is 9.96. The average molecular weight is 530 g/mol. The van der Waals surface area contributed by atoms with Gasteiger partial charge in [0.05, 0.1) is 37.2 Å². The van der Waals surface area contributed by atoms with Gasteiger partial charge >= 0.3 is 12.1 Å². The van der Waals surface area contributed by atoms with Gasteiger partial charge in [-0.25, -0.2) is 14.5 Å². The minimum absolute atomic E-state index is 0.270. The van der Waals surface area contributed by atoms with Gasteiger partial charge in [0, 0.05) is 37.4 Å². The Balaban J connectivity index is 1.28. The SMILES string of the molecule is CCOC(=O)c1cnn(-c2cc3cnn(CC4CCN(c5ccc(C(F)(F)F)cn5)CC4)c3c(OC)n2)c1. The summed E-state index contributed by atoms with van der Waals surface area (Å²) in [4.78, 5) is 22.6. The normalized spacial score (nSPS) is 14.7. The predicted molar refractivity (Wildman–Crippen MR) is 131 cm³/mol. The quantitative estimate of drug-likeness (QED) is 0.330. The molecule has 5 heterocycles. The molecule has 4 aromatic rings. The lowest BCUT2D eigenvalue weighted by Crippen LogP contribution is -2.35. The molecule has 0 atom stereocenters. The van der Waals surface area contributed by atoms with Crippen molar-refractivity contribution >= 4 is 22.7 Å². The fourth-order valence-corrected chi connectivity index (χ4v) is 4.56. The van der Waals surface area contributed by atoms with E-state index in [1.165, 1.54) is 24.1 Å². The van der Waals surface area contributed by atoms with E-state index in [1.54, 1.807) is 19.3 Å². The van der Waals surface area contributed by atoms with Crippen LogP contribution in [0.3, 0.4) is 0 Å². The molecular weight excluding hydrogens is 503 g/mol. The van der Waals surface area contributed by atoms with Crippen LogP contribution in [0.25, 0.3) is 16.7 Å². The molecule has 0 N–H and O–H groups in total. The number of rotatable bonds is 7. The third kappa shape index (κ3) is 5.13. The summed E-state index contributed by atoms with van der Waals surface area (Å²) in [6.45, 7) is 4.02. The van der Waals surface area contributed by atoms with Gasteiger partial charge in [0.1, 0.15) is 11.3 Å². The van der Waals surface area contributed by atoms with E-state index >= 15 is 0 Å². The largest absolute Gasteiger partial charge is 0.479 e. The van der Waals surface area contributed by atoms with Crippen molar-refractivity contribution in [2.45, 2.75) is 32.5 Å². The Labute approximate surface area is 216 Å². The highest BCUT2D eigenvalue weighted by Crippen LogP contribution is 2.31. The first-order chi connectivity index (χ1) is 18.3. The van der Waals surface area contributed by atoms with Crippen molar-refractivity contribution in [1.82, 2.24) is 29.5 Å². The number of carbonyl (C=O) groups excluding carboxylic acids is 1. The molecule has 1 fully saturated rings. The second kappa shape index (κ2) is 10.3. The van der Waals surface area contributed by atoms with Crippen molar-refractivity contribution < 1.29 is 27.4 Å². The molecule has 0 aromatic carbocycles. The zero-order valence-electron chi connectivity index (χ0n) is 20.9. The van der Waals surface area contributed by atoms with Gasteiger partial charge in [-0.05, 0) is 43.9 Å². The van der Waals surface area contributed by atoms with Crippen LogP contribution in [0.15, 0.2) is 43.0 Å². The van der Waals surface area contributed by atoms with Crippen molar-refractivity contribution in [3.63, 3.8) is 0 Å². The van der Waals surface area contributed by atoms with Crippen LogP contribution in [0, 0.1) is 5.92 Å². The molecular formula is C25H26F3N7O3. The molecule has 200 valence electrons. The van der Waals surface area contributed by atoms with Gasteiger partial charge in [0.15, 0.2) is 5.82 Å². The van der Waals surface area contributed by atoms with Gasteiger partial charge in [0.2, 0.25) is 5.88 Å². The number of carbonyl (C=O) groups is 1. The van der Waals surface area contributed by atoms with E-state index in [4.69, 9.17) is 9.47 Å². The zero-order valence-corrected chi connectivity index (χ0v) is 20.9. The monoisotopic (exact) mass is 529 g/mol. The number of anilines is 1. The number of nitrogens with zero attached hydrogens (tertiary/aromatic N) is 7. The van der Waals surface area contributed by atoms with Crippen molar-refractivity contribution in [3.8, 4) is 11.7 Å². The van der Waals surface area contributed by atoms with Gasteiger partial charge in [-0.15, -0.1) is 0 Å². The molecule has 10 nitrogen and oxygen atoms in total. The van der Waals surface area contributed by atoms with Crippen LogP contribution in [0.2, 0.25) is 0 Å². The number of pyridine rings is 2. The number of aromatic nitrogens is 6. The highest BCUT2D eigenvalue weighted by molar-refractivity contribution is 5.89. The standard InChI is InChI=1S/C25H26F3N7O3/c1-3-38-24(36)18-12-30-34(15-18)21-10-17-11-31-35(22(17)23(32-21)37-2)14-16-6-8-33(9-7-16)20-5-4-19(13-29-20)25(26,27)28/h4-5,10-13,15-16H,3,6-9,14H2,1-2H3. The van der Waals surface area contributed by atoms with E-state index in [0.717, 1.165) is 36.0 Å². The van der Waals surface area contributed by atoms with Gasteiger partial charge in [-0.1, -0.05) is 0 Å². The van der Waals surface area contributed by atoms with Crippen LogP contribution >= 0.6 is 0 Å². The summed E-state index contributed by atoms with van der Waals surface area (Å²) in [5.41, 5.74) is 0.321. The minimum atomic E-state index is -4.40. The highest BCUT2D eigenvalue weighted by Gasteiger charge is 2.31. The van der Waals surface area contributed by atoms with Crippen molar-refractivity contribution in [2.24, 2.45) is 5.92 Å². The molecule has 4 aromatic heterocycles. The van der Waals surface area contributed by atoms with E-state index in [1.807, 2.05) is 15.6 Å². The molecule has 1 saturated heterocycles. The summed E-state index contributed by atoms with van der Waals surface area (Å²) in [7, 11) is 1.53. The molecule has 38 heavy (non-hydrogen) atoms. The van der Waals surface area contributed by atoms with Crippen molar-refractivity contribution in [3.05, 3.63) is 54.1 Å². The molecule has 0 aliphatic carbocycles. The smallest absolute Gasteiger partial charge is 0.417 e. The zero-order chi connectivity index (χ0) is 26.9. The third-order valence-corrected chi connectivity index (χ3v) is 6.54. The first-order valence-electron chi connectivity index (χ1n) is 12.2. The van der Waals surface area contributed by atoms with E-state index < -0.39 is 17.7 Å². The number of hydrogen-bond donors (Lipinski definition) is 0. The number of ether oxygens (including phenoxy) is 2. The van der Waals surface area contributed by atoms with Crippen LogP contribution in [0.4, 0.5) is 19.0 Å². The number of hydrogen-bond acceptors (Lipinski definition) is 8. The first-order valence-corrected chi connectivity index (χ1v) is 12.2. The molecule has 1 aliphatic heterocycles. The summed E-state index contributed by atoms with van der Waals surface area (Å²) in [5, 5.41) is 9.60. The van der Waals surface area contributed by atoms with Crippen molar-refractivity contribution in [2.75, 3.05) is 31.7 Å². The second-order valence-electron chi connectivity index (χ2n) is 8.98. The molecule has 5 rings (SSSR count). The van der Waals surface area contributed by atoms with Crippen molar-refractivity contribution in [1.29, 1.82) is 0 Å². The van der Waals surface area contributed by atoms with E-state index in [-0.39, 0.29) is 6.61 Å². The maximum atomic E-state index is 12.8. The molecule has 0 saturated carbocycles. The third-order valence-electron chi connectivity index (χ3n) is 6.54. The summed E-state index contributed by atoms with van der Waals surface area (Å²) < 4.78 is 52.4. The van der Waals surface area contributed by atoms with Crippen LogP contribution in [0.1, 0.15) is 35.7 Å². The Morgan fingerprint density at radius 1 is 1.11 bits per heavy atom. The second-order valence-corrected chi connectivity index (χ2v) is 8.98. The van der Waals surface area contributed by atoms with Crippen LogP contribution in [-0.4, -0.2) is 62.3 Å². The Morgan fingerprint density at radius 3 is 2.55 bits per heavy atom. The van der Waals surface area contributed by atoms with Gasteiger partial charge in [-0.2, -0.15) is 28.4 Å². The number of piperidine rings is 1. The van der Waals surface area contributed by atoms with Crippen LogP contribution < -0.4 is 9.64 Å². The fourth-order valence-electron chi connectivity index (χ4n) is 4.56. The Hall–Kier alpha value is -4.16. The van der Waals surface area contributed by atoms with Crippen LogP contribution in [0.5, 0.6) is 5.88 Å². The van der Waals surface area contributed by atoms with Gasteiger partial charge in [-0.3, -0.25) is 4.68 Å². The number of halogens is 3. The Bertz CT molecular complexity index is 1420. The van der Waals surface area contributed by atoms with E-state index in [0.29, 0.717) is 48.6 Å². The lowest BCUT2D eigenvalue weighted by Gasteiger charge is -2.33. The molecule has 0 spiro atoms. The molecule has 1 aliphatic rings. The lowest BCUT2D eigenvalue weighted by molar-refractivity contribution is -0.137. The molecule has 13 heteroatoms. The number of methoxy groups -OCH3 is 1. The first kappa shape index (κ1) is 25.5. The topological polar surface area (TPSA) is 100 Å². The maximum Gasteiger partial charge on any atom is 0.417 e. The Morgan fingerprint density at radius 2 is 1.89 bits per heavy atom. The molecule has 0 bridgehead atoms. The maximum absolute atomic E-state index is 12.8. The molecule has 0 amide bonds. The highest BCUT2D eigenvalue weighted by atomic mass is 19.4. The number of fused-ring (bicyclic) bond motifs is 1. The number of esters is 1. The average Bonchev–Trinajstić information content (AvgIpc) is 3.56. The summed E-state index contributed by atoms with van der Waals surface area (Å²) in [5.74, 6) is 1.26. The van der Waals surface area contributed by atoms with Gasteiger partial charge < -0.3 is 14.4 Å². The van der Waals surface area contributed by atoms with Gasteiger partial charge in [0.25, 0.3) is 0 Å². The predicted octanol–water partition coefficient (Wildman–Crippen LogP) is 4.13. The van der Waals surface area contributed by atoms with E-state index in [2.05, 4.69) is 20.2 Å². The van der Waals surface area contributed by atoms with E-state index in [9.17, 15) is 18.0 Å². The fraction of sp³-hybridized carbons (Fsp3) is 0.400. The number of alkyl halides is 3. The minimum Gasteiger partial charge on any atom is -0.479 e.